The first kappa shape index (κ1) is 20.8. The Labute approximate surface area is 162 Å². The van der Waals surface area contributed by atoms with E-state index in [4.69, 9.17) is 0 Å². The van der Waals surface area contributed by atoms with Gasteiger partial charge in [-0.3, -0.25) is 9.78 Å². The summed E-state index contributed by atoms with van der Waals surface area (Å²) in [5.41, 5.74) is 0.261. The molecule has 1 heterocycles. The van der Waals surface area contributed by atoms with Crippen LogP contribution < -0.4 is 5.32 Å². The van der Waals surface area contributed by atoms with Crippen LogP contribution in [0.1, 0.15) is 0 Å². The van der Waals surface area contributed by atoms with E-state index in [9.17, 15) is 17.6 Å². The molecule has 3 rings (SSSR count). The van der Waals surface area contributed by atoms with Gasteiger partial charge < -0.3 is 5.32 Å². The number of hydrogen-bond donors (Lipinski definition) is 1. The van der Waals surface area contributed by atoms with E-state index >= 15 is 0 Å². The monoisotopic (exact) mass is 409 g/mol. The molecule has 27 heavy (non-hydrogen) atoms. The van der Waals surface area contributed by atoms with Crippen LogP contribution in [0.5, 0.6) is 0 Å². The first-order valence-electron chi connectivity index (χ1n) is 7.72. The Bertz CT molecular complexity index is 1070. The summed E-state index contributed by atoms with van der Waals surface area (Å²) in [6.07, 6.45) is 3.09. The molecule has 0 fully saturated rings. The fourth-order valence-electron chi connectivity index (χ4n) is 2.54. The number of benzene rings is 2. The fraction of sp³-hybridized carbons (Fsp3) is 0.111. The molecule has 1 amide bonds. The molecule has 0 radical (unpaired) electrons. The standard InChI is InChI=1S/C18H16FN3O3S.ClH/c1-22(12-18(23)21-15-6-3-5-14(19)10-15)26(24,25)17-7-2-4-13-11-20-9-8-16(13)17;/h2-11H,12H2,1H3,(H,21,23);1H. The molecule has 0 saturated heterocycles. The van der Waals surface area contributed by atoms with Crippen molar-refractivity contribution in [2.45, 2.75) is 4.90 Å². The van der Waals surface area contributed by atoms with Gasteiger partial charge in [0, 0.05) is 35.9 Å². The van der Waals surface area contributed by atoms with E-state index < -0.39 is 28.3 Å². The number of hydrogen-bond acceptors (Lipinski definition) is 4. The maximum atomic E-state index is 13.2. The van der Waals surface area contributed by atoms with Crippen molar-refractivity contribution < 1.29 is 17.6 Å². The molecule has 0 aliphatic rings. The predicted molar refractivity (Wildman–Crippen MR) is 104 cm³/mol. The summed E-state index contributed by atoms with van der Waals surface area (Å²) >= 11 is 0. The molecule has 0 saturated carbocycles. The normalized spacial score (nSPS) is 11.2. The van der Waals surface area contributed by atoms with Gasteiger partial charge in [-0.25, -0.2) is 12.8 Å². The third-order valence-electron chi connectivity index (χ3n) is 3.80. The molecule has 0 unspecified atom stereocenters. The number of carbonyl (C=O) groups excluding carboxylic acids is 1. The van der Waals surface area contributed by atoms with Crippen molar-refractivity contribution in [3.8, 4) is 0 Å². The minimum atomic E-state index is -3.89. The van der Waals surface area contributed by atoms with Gasteiger partial charge in [0.25, 0.3) is 0 Å². The van der Waals surface area contributed by atoms with E-state index in [2.05, 4.69) is 10.3 Å². The molecule has 1 aromatic heterocycles. The predicted octanol–water partition coefficient (Wildman–Crippen LogP) is 3.05. The zero-order chi connectivity index (χ0) is 18.7. The number of carbonyl (C=O) groups is 1. The molecule has 9 heteroatoms. The zero-order valence-electron chi connectivity index (χ0n) is 14.3. The van der Waals surface area contributed by atoms with E-state index in [1.807, 2.05) is 0 Å². The largest absolute Gasteiger partial charge is 0.325 e. The summed E-state index contributed by atoms with van der Waals surface area (Å²) < 4.78 is 39.8. The van der Waals surface area contributed by atoms with Crippen LogP contribution in [-0.2, 0) is 14.8 Å². The summed E-state index contributed by atoms with van der Waals surface area (Å²) in [5, 5.41) is 3.69. The smallest absolute Gasteiger partial charge is 0.243 e. The van der Waals surface area contributed by atoms with Gasteiger partial charge in [-0.2, -0.15) is 4.31 Å². The zero-order valence-corrected chi connectivity index (χ0v) is 15.9. The van der Waals surface area contributed by atoms with Crippen LogP contribution in [0, 0.1) is 5.82 Å². The van der Waals surface area contributed by atoms with Gasteiger partial charge in [0.15, 0.2) is 0 Å². The number of rotatable bonds is 5. The second kappa shape index (κ2) is 8.43. The van der Waals surface area contributed by atoms with Crippen molar-refractivity contribution in [3.05, 3.63) is 66.7 Å². The van der Waals surface area contributed by atoms with E-state index in [0.29, 0.717) is 10.8 Å². The molecular weight excluding hydrogens is 393 g/mol. The van der Waals surface area contributed by atoms with Crippen molar-refractivity contribution in [2.24, 2.45) is 0 Å². The maximum Gasteiger partial charge on any atom is 0.243 e. The highest BCUT2D eigenvalue weighted by molar-refractivity contribution is 7.89. The molecule has 2 aromatic carbocycles. The summed E-state index contributed by atoms with van der Waals surface area (Å²) in [6.45, 7) is -0.402. The second-order valence-electron chi connectivity index (χ2n) is 5.67. The quantitative estimate of drug-likeness (QED) is 0.702. The Balaban J connectivity index is 0.00000261. The highest BCUT2D eigenvalue weighted by Crippen LogP contribution is 2.24. The number of anilines is 1. The third kappa shape index (κ3) is 4.60. The molecule has 142 valence electrons. The van der Waals surface area contributed by atoms with Gasteiger partial charge in [0.05, 0.1) is 11.4 Å². The summed E-state index contributed by atoms with van der Waals surface area (Å²) in [7, 11) is -2.57. The first-order valence-corrected chi connectivity index (χ1v) is 9.16. The van der Waals surface area contributed by atoms with Crippen molar-refractivity contribution >= 4 is 44.8 Å². The van der Waals surface area contributed by atoms with Gasteiger partial charge >= 0.3 is 0 Å². The van der Waals surface area contributed by atoms with Gasteiger partial charge in [-0.15, -0.1) is 12.4 Å². The molecule has 0 aliphatic heterocycles. The molecular formula is C18H17ClFN3O3S. The topological polar surface area (TPSA) is 79.4 Å². The van der Waals surface area contributed by atoms with Crippen molar-refractivity contribution in [2.75, 3.05) is 18.9 Å². The number of sulfonamides is 1. The Hall–Kier alpha value is -2.55. The lowest BCUT2D eigenvalue weighted by Crippen LogP contribution is -2.35. The summed E-state index contributed by atoms with van der Waals surface area (Å²) in [6, 6.07) is 11.9. The number of fused-ring (bicyclic) bond motifs is 1. The molecule has 6 nitrogen and oxygen atoms in total. The lowest BCUT2D eigenvalue weighted by molar-refractivity contribution is -0.116. The maximum absolute atomic E-state index is 13.2. The second-order valence-corrected chi connectivity index (χ2v) is 7.69. The fourth-order valence-corrected chi connectivity index (χ4v) is 3.88. The number of pyridine rings is 1. The summed E-state index contributed by atoms with van der Waals surface area (Å²) in [4.78, 5) is 16.2. The lowest BCUT2D eigenvalue weighted by Gasteiger charge is -2.18. The van der Waals surface area contributed by atoms with E-state index in [-0.39, 0.29) is 23.0 Å². The molecule has 0 bridgehead atoms. The van der Waals surface area contributed by atoms with Crippen LogP contribution in [0.2, 0.25) is 0 Å². The van der Waals surface area contributed by atoms with Gasteiger partial charge in [0.2, 0.25) is 15.9 Å². The molecule has 3 aromatic rings. The number of nitrogens with zero attached hydrogens (tertiary/aromatic N) is 2. The van der Waals surface area contributed by atoms with Crippen LogP contribution in [0.4, 0.5) is 10.1 Å². The van der Waals surface area contributed by atoms with Crippen molar-refractivity contribution in [3.63, 3.8) is 0 Å². The number of aromatic nitrogens is 1. The SMILES string of the molecule is CN(CC(=O)Nc1cccc(F)c1)S(=O)(=O)c1cccc2cnccc12.Cl. The minimum Gasteiger partial charge on any atom is -0.325 e. The lowest BCUT2D eigenvalue weighted by atomic mass is 10.2. The highest BCUT2D eigenvalue weighted by Gasteiger charge is 2.24. The van der Waals surface area contributed by atoms with E-state index in [1.54, 1.807) is 24.4 Å². The number of amides is 1. The average molecular weight is 410 g/mol. The van der Waals surface area contributed by atoms with Crippen molar-refractivity contribution in [1.82, 2.24) is 9.29 Å². The first-order chi connectivity index (χ1) is 12.4. The molecule has 1 N–H and O–H groups in total. The minimum absolute atomic E-state index is 0. The number of nitrogens with one attached hydrogen (secondary N) is 1. The van der Waals surface area contributed by atoms with Gasteiger partial charge in [-0.1, -0.05) is 18.2 Å². The Morgan fingerprint density at radius 3 is 2.67 bits per heavy atom. The molecule has 0 aliphatic carbocycles. The highest BCUT2D eigenvalue weighted by atomic mass is 35.5. The third-order valence-corrected chi connectivity index (χ3v) is 5.67. The molecule has 0 spiro atoms. The van der Waals surface area contributed by atoms with Crippen molar-refractivity contribution in [1.29, 1.82) is 0 Å². The van der Waals surface area contributed by atoms with Gasteiger partial charge in [0.1, 0.15) is 5.82 Å². The van der Waals surface area contributed by atoms with Crippen LogP contribution in [-0.4, -0.2) is 37.2 Å². The Morgan fingerprint density at radius 1 is 1.19 bits per heavy atom. The summed E-state index contributed by atoms with van der Waals surface area (Å²) in [5.74, 6) is -1.06. The number of likely N-dealkylation sites (N-methyl/N-ethyl adjacent to an activating group) is 1. The number of halogens is 2. The molecule has 0 atom stereocenters. The van der Waals surface area contributed by atoms with Crippen LogP contribution in [0.25, 0.3) is 10.8 Å². The van der Waals surface area contributed by atoms with Crippen LogP contribution in [0.3, 0.4) is 0 Å². The van der Waals surface area contributed by atoms with E-state index in [0.717, 1.165) is 10.4 Å². The van der Waals surface area contributed by atoms with Crippen LogP contribution >= 0.6 is 12.4 Å². The van der Waals surface area contributed by atoms with Gasteiger partial charge in [-0.05, 0) is 30.3 Å². The average Bonchev–Trinajstić information content (AvgIpc) is 2.61. The Morgan fingerprint density at radius 2 is 1.93 bits per heavy atom. The Kier molecular flexibility index (Phi) is 6.48. The van der Waals surface area contributed by atoms with Crippen LogP contribution in [0.15, 0.2) is 65.8 Å². The van der Waals surface area contributed by atoms with E-state index in [1.165, 1.54) is 37.5 Å².